The summed E-state index contributed by atoms with van der Waals surface area (Å²) in [6.07, 6.45) is 3.96. The largest absolute Gasteiger partial charge is 0.336 e. The van der Waals surface area contributed by atoms with Crippen LogP contribution in [-0.2, 0) is 0 Å². The summed E-state index contributed by atoms with van der Waals surface area (Å²) in [6.45, 7) is 2.65. The first-order valence-electron chi connectivity index (χ1n) is 9.47. The van der Waals surface area contributed by atoms with E-state index in [2.05, 4.69) is 11.0 Å². The van der Waals surface area contributed by atoms with Crippen molar-refractivity contribution in [2.24, 2.45) is 0 Å². The summed E-state index contributed by atoms with van der Waals surface area (Å²) >= 11 is 0. The van der Waals surface area contributed by atoms with Crippen molar-refractivity contribution in [3.63, 3.8) is 0 Å². The van der Waals surface area contributed by atoms with Crippen molar-refractivity contribution < 1.29 is 4.79 Å². The molecule has 0 saturated carbocycles. The zero-order chi connectivity index (χ0) is 19.3. The van der Waals surface area contributed by atoms with Crippen LogP contribution in [0.15, 0.2) is 79.1 Å². The van der Waals surface area contributed by atoms with E-state index in [9.17, 15) is 10.1 Å². The summed E-state index contributed by atoms with van der Waals surface area (Å²) < 4.78 is 2.01. The van der Waals surface area contributed by atoms with Crippen LogP contribution in [0.5, 0.6) is 0 Å². The zero-order valence-corrected chi connectivity index (χ0v) is 15.6. The second-order valence-electron chi connectivity index (χ2n) is 6.91. The van der Waals surface area contributed by atoms with Crippen molar-refractivity contribution >= 4 is 5.91 Å². The van der Waals surface area contributed by atoms with E-state index < -0.39 is 0 Å². The van der Waals surface area contributed by atoms with Crippen LogP contribution in [0.2, 0.25) is 0 Å². The van der Waals surface area contributed by atoms with E-state index >= 15 is 0 Å². The highest BCUT2D eigenvalue weighted by Crippen LogP contribution is 2.22. The van der Waals surface area contributed by atoms with Crippen LogP contribution in [0.1, 0.15) is 22.0 Å². The summed E-state index contributed by atoms with van der Waals surface area (Å²) in [5, 5.41) is 9.61. The van der Waals surface area contributed by atoms with Crippen molar-refractivity contribution in [2.75, 3.05) is 26.2 Å². The molecule has 1 unspecified atom stereocenters. The second-order valence-corrected chi connectivity index (χ2v) is 6.91. The molecule has 4 rings (SSSR count). The highest BCUT2D eigenvalue weighted by atomic mass is 16.2. The third-order valence-electron chi connectivity index (χ3n) is 5.22. The van der Waals surface area contributed by atoms with Crippen LogP contribution < -0.4 is 0 Å². The van der Waals surface area contributed by atoms with E-state index in [1.165, 1.54) is 0 Å². The predicted molar refractivity (Wildman–Crippen MR) is 108 cm³/mol. The fraction of sp³-hybridized carbons (Fsp3) is 0.217. The molecule has 1 atom stereocenters. The first kappa shape index (κ1) is 18.0. The molecule has 140 valence electrons. The third-order valence-corrected chi connectivity index (χ3v) is 5.22. The van der Waals surface area contributed by atoms with Gasteiger partial charge in [-0.3, -0.25) is 9.69 Å². The van der Waals surface area contributed by atoms with Gasteiger partial charge in [0, 0.05) is 49.8 Å². The van der Waals surface area contributed by atoms with Gasteiger partial charge in [0.25, 0.3) is 5.91 Å². The minimum Gasteiger partial charge on any atom is -0.336 e. The lowest BCUT2D eigenvalue weighted by Crippen LogP contribution is -2.49. The normalized spacial score (nSPS) is 15.8. The van der Waals surface area contributed by atoms with Gasteiger partial charge in [-0.15, -0.1) is 0 Å². The molecule has 5 heteroatoms. The van der Waals surface area contributed by atoms with E-state index in [1.807, 2.05) is 88.6 Å². The fourth-order valence-electron chi connectivity index (χ4n) is 3.65. The van der Waals surface area contributed by atoms with Crippen molar-refractivity contribution in [2.45, 2.75) is 6.04 Å². The van der Waals surface area contributed by atoms with Gasteiger partial charge in [0.2, 0.25) is 0 Å². The molecule has 0 radical (unpaired) electrons. The van der Waals surface area contributed by atoms with E-state index in [0.717, 1.165) is 11.3 Å². The van der Waals surface area contributed by atoms with Gasteiger partial charge in [-0.05, 0) is 42.0 Å². The van der Waals surface area contributed by atoms with Gasteiger partial charge < -0.3 is 9.47 Å². The molecule has 1 aliphatic rings. The molecular formula is C23H22N4O. The Morgan fingerprint density at radius 3 is 2.11 bits per heavy atom. The first-order valence-corrected chi connectivity index (χ1v) is 9.47. The number of rotatable bonds is 4. The van der Waals surface area contributed by atoms with Gasteiger partial charge in [-0.1, -0.05) is 30.3 Å². The maximum atomic E-state index is 12.8. The Morgan fingerprint density at radius 2 is 1.50 bits per heavy atom. The lowest BCUT2D eigenvalue weighted by Gasteiger charge is -2.37. The van der Waals surface area contributed by atoms with Crippen molar-refractivity contribution in [1.82, 2.24) is 14.4 Å². The zero-order valence-electron chi connectivity index (χ0n) is 15.6. The number of carbonyl (C=O) groups is 1. The number of aromatic nitrogens is 1. The van der Waals surface area contributed by atoms with Gasteiger partial charge in [0.15, 0.2) is 0 Å². The van der Waals surface area contributed by atoms with Crippen LogP contribution in [0.3, 0.4) is 0 Å². The smallest absolute Gasteiger partial charge is 0.253 e. The Bertz CT molecular complexity index is 950. The van der Waals surface area contributed by atoms with Crippen molar-refractivity contribution in [3.05, 3.63) is 90.3 Å². The van der Waals surface area contributed by atoms with Crippen LogP contribution >= 0.6 is 0 Å². The van der Waals surface area contributed by atoms with Crippen LogP contribution in [0.25, 0.3) is 5.69 Å². The van der Waals surface area contributed by atoms with E-state index in [4.69, 9.17) is 0 Å². The third kappa shape index (κ3) is 3.68. The quantitative estimate of drug-likeness (QED) is 0.706. The molecule has 0 spiro atoms. The average molecular weight is 370 g/mol. The number of hydrogen-bond acceptors (Lipinski definition) is 3. The molecule has 1 aliphatic heterocycles. The monoisotopic (exact) mass is 370 g/mol. The summed E-state index contributed by atoms with van der Waals surface area (Å²) in [5.41, 5.74) is 2.74. The van der Waals surface area contributed by atoms with Crippen molar-refractivity contribution in [1.29, 1.82) is 5.26 Å². The summed E-state index contributed by atoms with van der Waals surface area (Å²) in [7, 11) is 0. The number of hydrogen-bond donors (Lipinski definition) is 0. The van der Waals surface area contributed by atoms with E-state index in [0.29, 0.717) is 31.7 Å². The average Bonchev–Trinajstić information content (AvgIpc) is 3.30. The minimum atomic E-state index is -0.265. The topological polar surface area (TPSA) is 52.3 Å². The lowest BCUT2D eigenvalue weighted by atomic mass is 10.1. The molecule has 0 aliphatic carbocycles. The molecule has 2 heterocycles. The highest BCUT2D eigenvalue weighted by molar-refractivity contribution is 5.94. The van der Waals surface area contributed by atoms with Gasteiger partial charge >= 0.3 is 0 Å². The number of nitrogens with zero attached hydrogens (tertiary/aromatic N) is 4. The fourth-order valence-corrected chi connectivity index (χ4v) is 3.65. The Morgan fingerprint density at radius 1 is 0.857 bits per heavy atom. The number of piperazine rings is 1. The Kier molecular flexibility index (Phi) is 5.22. The lowest BCUT2D eigenvalue weighted by molar-refractivity contribution is 0.0606. The molecule has 1 amide bonds. The number of carbonyl (C=O) groups excluding carboxylic acids is 1. The second kappa shape index (κ2) is 8.12. The Balaban J connectivity index is 1.39. The molecule has 28 heavy (non-hydrogen) atoms. The number of nitriles is 1. The highest BCUT2D eigenvalue weighted by Gasteiger charge is 2.27. The first-order chi connectivity index (χ1) is 13.8. The van der Waals surface area contributed by atoms with E-state index in [-0.39, 0.29) is 11.9 Å². The van der Waals surface area contributed by atoms with Gasteiger partial charge in [0.1, 0.15) is 6.04 Å². The Labute approximate surface area is 165 Å². The molecule has 2 aromatic carbocycles. The molecular weight excluding hydrogens is 348 g/mol. The van der Waals surface area contributed by atoms with E-state index in [1.54, 1.807) is 0 Å². The molecule has 1 fully saturated rings. The van der Waals surface area contributed by atoms with Crippen LogP contribution in [0, 0.1) is 11.3 Å². The van der Waals surface area contributed by atoms with Gasteiger partial charge in [-0.2, -0.15) is 5.26 Å². The maximum Gasteiger partial charge on any atom is 0.253 e. The summed E-state index contributed by atoms with van der Waals surface area (Å²) in [5.74, 6) is 0.0481. The SMILES string of the molecule is N#CC(c1ccccc1)N1CCN(C(=O)c2ccc(-n3cccc3)cc2)CC1. The molecule has 5 nitrogen and oxygen atoms in total. The maximum absolute atomic E-state index is 12.8. The number of benzene rings is 2. The summed E-state index contributed by atoms with van der Waals surface area (Å²) in [6, 6.07) is 23.6. The number of amides is 1. The molecule has 1 saturated heterocycles. The molecule has 0 bridgehead atoms. The van der Waals surface area contributed by atoms with Crippen molar-refractivity contribution in [3.8, 4) is 11.8 Å². The minimum absolute atomic E-state index is 0.0481. The predicted octanol–water partition coefficient (Wildman–Crippen LogP) is 3.50. The molecule has 1 aromatic heterocycles. The van der Waals surface area contributed by atoms with Gasteiger partial charge in [0.05, 0.1) is 6.07 Å². The molecule has 3 aromatic rings. The summed E-state index contributed by atoms with van der Waals surface area (Å²) in [4.78, 5) is 16.9. The standard InChI is InChI=1S/C23H22N4O/c24-18-22(19-6-2-1-3-7-19)26-14-16-27(17-15-26)23(28)20-8-10-21(11-9-20)25-12-4-5-13-25/h1-13,22H,14-17H2. The van der Waals surface area contributed by atoms with Crippen LogP contribution in [-0.4, -0.2) is 46.5 Å². The Hall–Kier alpha value is -3.36. The van der Waals surface area contributed by atoms with Gasteiger partial charge in [-0.25, -0.2) is 0 Å². The van der Waals surface area contributed by atoms with Crippen LogP contribution in [0.4, 0.5) is 0 Å². The molecule has 0 N–H and O–H groups in total.